The van der Waals surface area contributed by atoms with Crippen molar-refractivity contribution in [2.24, 2.45) is 0 Å². The standard InChI is InChI=1S/C52H40N6/c1-5-17-47-41(7-3)49-51(57(47)39-31-27-37(28-32-39)45-25-15-23-43(53-45)35-19-11-9-12-20-35)56-52-50(55-49)42(8-4)48(18-6-2)58(52)40-33-29-38(30-34-40)46-26-16-24-44(54-46)36-21-13-10-14-22-36/h5-34H,1,4H2,2-3H3/b18-6-,41-7+,47-17+. The number of fused-ring (bicyclic) bond motifs is 2. The molecule has 0 radical (unpaired) electrons. The van der Waals surface area contributed by atoms with E-state index in [-0.39, 0.29) is 0 Å². The van der Waals surface area contributed by atoms with Crippen LogP contribution in [-0.4, -0.2) is 29.1 Å². The van der Waals surface area contributed by atoms with Crippen LogP contribution in [-0.2, 0) is 0 Å². The van der Waals surface area contributed by atoms with E-state index in [1.54, 1.807) is 0 Å². The lowest BCUT2D eigenvalue weighted by Gasteiger charge is -2.11. The Kier molecular flexibility index (Phi) is 9.58. The Morgan fingerprint density at radius 3 is 1.43 bits per heavy atom. The van der Waals surface area contributed by atoms with E-state index in [4.69, 9.17) is 19.9 Å². The molecule has 6 nitrogen and oxygen atoms in total. The first-order chi connectivity index (χ1) is 28.6. The lowest BCUT2D eigenvalue weighted by molar-refractivity contribution is 1.03. The van der Waals surface area contributed by atoms with Crippen LogP contribution < -0.4 is 10.6 Å². The first-order valence-corrected chi connectivity index (χ1v) is 19.4. The van der Waals surface area contributed by atoms with E-state index in [1.165, 1.54) is 0 Å². The molecule has 0 N–H and O–H groups in total. The van der Waals surface area contributed by atoms with Crippen molar-refractivity contribution in [2.75, 3.05) is 0 Å². The maximum Gasteiger partial charge on any atom is 0.166 e. The van der Waals surface area contributed by atoms with Crippen LogP contribution in [0, 0.1) is 0 Å². The van der Waals surface area contributed by atoms with Gasteiger partial charge in [-0.3, -0.25) is 9.13 Å². The molecule has 4 aromatic carbocycles. The van der Waals surface area contributed by atoms with Crippen molar-refractivity contribution in [1.29, 1.82) is 0 Å². The summed E-state index contributed by atoms with van der Waals surface area (Å²) in [4.78, 5) is 20.9. The molecule has 58 heavy (non-hydrogen) atoms. The van der Waals surface area contributed by atoms with E-state index in [1.807, 2.05) is 92.7 Å². The minimum absolute atomic E-state index is 0.734. The first kappa shape index (κ1) is 36.0. The van der Waals surface area contributed by atoms with Gasteiger partial charge in [0.2, 0.25) is 0 Å². The summed E-state index contributed by atoms with van der Waals surface area (Å²) in [5.74, 6) is 0. The monoisotopic (exact) mass is 748 g/mol. The van der Waals surface area contributed by atoms with Crippen LogP contribution in [0.3, 0.4) is 0 Å². The second-order valence-corrected chi connectivity index (χ2v) is 13.9. The number of allylic oxidation sites excluding steroid dienone is 2. The highest BCUT2D eigenvalue weighted by Crippen LogP contribution is 2.33. The molecular weight excluding hydrogens is 709 g/mol. The van der Waals surface area contributed by atoms with E-state index in [0.29, 0.717) is 0 Å². The highest BCUT2D eigenvalue weighted by Gasteiger charge is 2.22. The van der Waals surface area contributed by atoms with Crippen molar-refractivity contribution < 1.29 is 0 Å². The molecule has 0 aliphatic carbocycles. The van der Waals surface area contributed by atoms with Gasteiger partial charge in [0.1, 0.15) is 11.0 Å². The van der Waals surface area contributed by atoms with Gasteiger partial charge in [-0.15, -0.1) is 0 Å². The zero-order valence-electron chi connectivity index (χ0n) is 32.4. The SMILES string of the molecule is C=C/C=c1\c(=C/C)c2nc3c(C=C)c(/C=C\C)n(-c4ccc(-c5cccc(-c6ccccc6)n5)cc4)c3nc2n1-c1ccc(-c2cccc(-c3ccccc3)n2)cc1. The van der Waals surface area contributed by atoms with E-state index in [0.717, 1.165) is 101 Å². The zero-order chi connectivity index (χ0) is 39.6. The number of rotatable bonds is 9. The van der Waals surface area contributed by atoms with Gasteiger partial charge in [-0.1, -0.05) is 135 Å². The third kappa shape index (κ3) is 6.36. The van der Waals surface area contributed by atoms with Gasteiger partial charge in [0.15, 0.2) is 11.3 Å². The molecule has 9 rings (SSSR count). The molecule has 6 heteroatoms. The highest BCUT2D eigenvalue weighted by atomic mass is 15.1. The quantitative estimate of drug-likeness (QED) is 0.147. The van der Waals surface area contributed by atoms with Crippen LogP contribution in [0.25, 0.3) is 103 Å². The third-order valence-corrected chi connectivity index (χ3v) is 10.4. The number of hydrogen-bond donors (Lipinski definition) is 0. The topological polar surface area (TPSA) is 61.4 Å². The molecule has 9 aromatic rings. The van der Waals surface area contributed by atoms with E-state index in [9.17, 15) is 0 Å². The molecule has 0 saturated carbocycles. The lowest BCUT2D eigenvalue weighted by Crippen LogP contribution is -2.28. The summed E-state index contributed by atoms with van der Waals surface area (Å²) in [6.07, 6.45) is 12.0. The van der Waals surface area contributed by atoms with Crippen molar-refractivity contribution in [3.05, 3.63) is 193 Å². The van der Waals surface area contributed by atoms with Crippen LogP contribution in [0.2, 0.25) is 0 Å². The molecule has 0 saturated heterocycles. The van der Waals surface area contributed by atoms with Crippen molar-refractivity contribution in [3.63, 3.8) is 0 Å². The van der Waals surface area contributed by atoms with Gasteiger partial charge in [0.25, 0.3) is 0 Å². The second-order valence-electron chi connectivity index (χ2n) is 13.9. The Morgan fingerprint density at radius 1 is 0.483 bits per heavy atom. The number of benzene rings is 4. The zero-order valence-corrected chi connectivity index (χ0v) is 32.4. The van der Waals surface area contributed by atoms with Crippen LogP contribution >= 0.6 is 0 Å². The summed E-state index contributed by atoms with van der Waals surface area (Å²) in [6.45, 7) is 12.4. The molecule has 0 atom stereocenters. The molecule has 0 aliphatic heterocycles. The fourth-order valence-corrected chi connectivity index (χ4v) is 7.70. The van der Waals surface area contributed by atoms with Crippen molar-refractivity contribution in [2.45, 2.75) is 13.8 Å². The fourth-order valence-electron chi connectivity index (χ4n) is 7.70. The maximum atomic E-state index is 5.49. The van der Waals surface area contributed by atoms with Gasteiger partial charge >= 0.3 is 0 Å². The molecule has 5 aromatic heterocycles. The minimum Gasteiger partial charge on any atom is -0.292 e. The van der Waals surface area contributed by atoms with Crippen molar-refractivity contribution in [1.82, 2.24) is 29.1 Å². The maximum absolute atomic E-state index is 5.49. The van der Waals surface area contributed by atoms with Crippen LogP contribution in [0.15, 0.2) is 171 Å². The molecule has 0 unspecified atom stereocenters. The summed E-state index contributed by atoms with van der Waals surface area (Å²) < 4.78 is 4.35. The van der Waals surface area contributed by atoms with E-state index >= 15 is 0 Å². The van der Waals surface area contributed by atoms with E-state index < -0.39 is 0 Å². The molecule has 278 valence electrons. The van der Waals surface area contributed by atoms with E-state index in [2.05, 4.69) is 125 Å². The number of aromatic nitrogens is 6. The Labute approximate surface area is 337 Å². The summed E-state index contributed by atoms with van der Waals surface area (Å²) in [5, 5.41) is 1.93. The Balaban J connectivity index is 1.19. The fraction of sp³-hybridized carbons (Fsp3) is 0.0385. The lowest BCUT2D eigenvalue weighted by atomic mass is 10.1. The van der Waals surface area contributed by atoms with Gasteiger partial charge in [-0.25, -0.2) is 19.9 Å². The second kappa shape index (κ2) is 15.4. The van der Waals surface area contributed by atoms with Crippen LogP contribution in [0.4, 0.5) is 0 Å². The molecule has 5 heterocycles. The van der Waals surface area contributed by atoms with Gasteiger partial charge in [0, 0.05) is 44.4 Å². The summed E-state index contributed by atoms with van der Waals surface area (Å²) in [5.41, 5.74) is 14.7. The minimum atomic E-state index is 0.734. The normalized spacial score (nSPS) is 12.2. The van der Waals surface area contributed by atoms with Gasteiger partial charge < -0.3 is 0 Å². The third-order valence-electron chi connectivity index (χ3n) is 10.4. The van der Waals surface area contributed by atoms with Crippen LogP contribution in [0.1, 0.15) is 25.1 Å². The van der Waals surface area contributed by atoms with Crippen molar-refractivity contribution >= 4 is 46.6 Å². The highest BCUT2D eigenvalue weighted by molar-refractivity contribution is 5.95. The number of pyridine rings is 2. The Morgan fingerprint density at radius 2 is 0.966 bits per heavy atom. The summed E-state index contributed by atoms with van der Waals surface area (Å²) in [6, 6.07) is 49.8. The first-order valence-electron chi connectivity index (χ1n) is 19.4. The average molecular weight is 749 g/mol. The molecular formula is C52H40N6. The average Bonchev–Trinajstić information content (AvgIpc) is 3.76. The summed E-state index contributed by atoms with van der Waals surface area (Å²) in [7, 11) is 0. The molecule has 0 amide bonds. The molecule has 0 bridgehead atoms. The Bertz CT molecular complexity index is 3130. The molecule has 0 fully saturated rings. The van der Waals surface area contributed by atoms with Gasteiger partial charge in [-0.05, 0) is 74.5 Å². The molecule has 0 aliphatic rings. The van der Waals surface area contributed by atoms with Gasteiger partial charge in [-0.2, -0.15) is 0 Å². The Hall–Kier alpha value is -7.70. The number of nitrogens with zero attached hydrogens (tertiary/aromatic N) is 6. The van der Waals surface area contributed by atoms with Crippen LogP contribution in [0.5, 0.6) is 0 Å². The predicted octanol–water partition coefficient (Wildman–Crippen LogP) is 11.3. The molecule has 0 spiro atoms. The number of hydrogen-bond acceptors (Lipinski definition) is 4. The van der Waals surface area contributed by atoms with Crippen molar-refractivity contribution in [3.8, 4) is 56.4 Å². The van der Waals surface area contributed by atoms with Gasteiger partial charge in [0.05, 0.1) is 33.8 Å². The summed E-state index contributed by atoms with van der Waals surface area (Å²) >= 11 is 0. The largest absolute Gasteiger partial charge is 0.292 e. The smallest absolute Gasteiger partial charge is 0.166 e. The predicted molar refractivity (Wildman–Crippen MR) is 242 cm³/mol.